The number of benzene rings is 1. The standard InChI is InChI=1S/C12H16F2N2O2S.ClH/c1-12(7-15,8-2-3-8)16-19(17,18)11-5-9(13)4-10(14)6-11;/h4-6,8,16H,2-3,7,15H2,1H3;1H. The van der Waals surface area contributed by atoms with Gasteiger partial charge in [0.25, 0.3) is 0 Å². The van der Waals surface area contributed by atoms with E-state index in [9.17, 15) is 17.2 Å². The van der Waals surface area contributed by atoms with Crippen LogP contribution in [-0.2, 0) is 10.0 Å². The van der Waals surface area contributed by atoms with E-state index in [4.69, 9.17) is 5.73 Å². The Morgan fingerprint density at radius 3 is 2.20 bits per heavy atom. The summed E-state index contributed by atoms with van der Waals surface area (Å²) >= 11 is 0. The first-order chi connectivity index (χ1) is 8.77. The van der Waals surface area contributed by atoms with Crippen LogP contribution >= 0.6 is 12.4 Å². The smallest absolute Gasteiger partial charge is 0.241 e. The molecule has 20 heavy (non-hydrogen) atoms. The number of rotatable bonds is 5. The Bertz CT molecular complexity index is 573. The molecule has 0 amide bonds. The molecule has 0 radical (unpaired) electrons. The lowest BCUT2D eigenvalue weighted by Crippen LogP contribution is -2.52. The van der Waals surface area contributed by atoms with E-state index in [0.29, 0.717) is 6.07 Å². The van der Waals surface area contributed by atoms with Crippen molar-refractivity contribution in [1.29, 1.82) is 0 Å². The fourth-order valence-electron chi connectivity index (χ4n) is 2.06. The molecule has 0 saturated heterocycles. The molecule has 1 aliphatic rings. The summed E-state index contributed by atoms with van der Waals surface area (Å²) in [7, 11) is -3.99. The zero-order chi connectivity index (χ0) is 14.3. The number of nitrogens with one attached hydrogen (secondary N) is 1. The maximum Gasteiger partial charge on any atom is 0.241 e. The Hall–Kier alpha value is -0.760. The van der Waals surface area contributed by atoms with Gasteiger partial charge in [-0.25, -0.2) is 21.9 Å². The molecule has 0 spiro atoms. The SMILES string of the molecule is CC(CN)(NS(=O)(=O)c1cc(F)cc(F)c1)C1CC1.Cl. The molecule has 1 atom stereocenters. The van der Waals surface area contributed by atoms with Crippen LogP contribution in [0.2, 0.25) is 0 Å². The highest BCUT2D eigenvalue weighted by atomic mass is 35.5. The van der Waals surface area contributed by atoms with Gasteiger partial charge in [-0.2, -0.15) is 0 Å². The predicted molar refractivity (Wildman–Crippen MR) is 74.1 cm³/mol. The van der Waals surface area contributed by atoms with Crippen LogP contribution in [0.15, 0.2) is 23.1 Å². The molecule has 0 aromatic heterocycles. The summed E-state index contributed by atoms with van der Waals surface area (Å²) in [5.41, 5.74) is 4.84. The van der Waals surface area contributed by atoms with Crippen molar-refractivity contribution in [1.82, 2.24) is 4.72 Å². The predicted octanol–water partition coefficient (Wildman–Crippen LogP) is 1.79. The van der Waals surface area contributed by atoms with Gasteiger partial charge < -0.3 is 5.73 Å². The van der Waals surface area contributed by atoms with Crippen LogP contribution in [0.25, 0.3) is 0 Å². The zero-order valence-electron chi connectivity index (χ0n) is 10.9. The molecule has 1 fully saturated rings. The average Bonchev–Trinajstić information content (AvgIpc) is 3.11. The third-order valence-electron chi connectivity index (χ3n) is 3.42. The molecule has 114 valence electrons. The largest absolute Gasteiger partial charge is 0.329 e. The Kier molecular flexibility index (Phi) is 5.13. The zero-order valence-corrected chi connectivity index (χ0v) is 12.5. The molecular formula is C12H17ClF2N2O2S. The summed E-state index contributed by atoms with van der Waals surface area (Å²) in [4.78, 5) is -0.426. The first-order valence-corrected chi connectivity index (χ1v) is 7.45. The van der Waals surface area contributed by atoms with Crippen molar-refractivity contribution >= 4 is 22.4 Å². The molecular weight excluding hydrogens is 310 g/mol. The highest BCUT2D eigenvalue weighted by Gasteiger charge is 2.43. The van der Waals surface area contributed by atoms with Gasteiger partial charge in [0.05, 0.1) is 4.90 Å². The van der Waals surface area contributed by atoms with E-state index < -0.39 is 32.1 Å². The number of hydrogen-bond acceptors (Lipinski definition) is 3. The topological polar surface area (TPSA) is 72.2 Å². The molecule has 2 rings (SSSR count). The van der Waals surface area contributed by atoms with E-state index >= 15 is 0 Å². The first-order valence-electron chi connectivity index (χ1n) is 5.97. The summed E-state index contributed by atoms with van der Waals surface area (Å²) in [6.07, 6.45) is 1.79. The van der Waals surface area contributed by atoms with E-state index in [0.717, 1.165) is 25.0 Å². The fourth-order valence-corrected chi connectivity index (χ4v) is 3.58. The van der Waals surface area contributed by atoms with Crippen molar-refractivity contribution < 1.29 is 17.2 Å². The van der Waals surface area contributed by atoms with Gasteiger partial charge in [0.1, 0.15) is 11.6 Å². The van der Waals surface area contributed by atoms with E-state index in [-0.39, 0.29) is 24.9 Å². The molecule has 0 bridgehead atoms. The van der Waals surface area contributed by atoms with Crippen LogP contribution < -0.4 is 10.5 Å². The minimum absolute atomic E-state index is 0. The summed E-state index contributed by atoms with van der Waals surface area (Å²) < 4.78 is 52.9. The van der Waals surface area contributed by atoms with Crippen LogP contribution in [0.3, 0.4) is 0 Å². The normalized spacial score (nSPS) is 18.2. The van der Waals surface area contributed by atoms with Gasteiger partial charge in [0.2, 0.25) is 10.0 Å². The monoisotopic (exact) mass is 326 g/mol. The maximum absolute atomic E-state index is 13.1. The molecule has 4 nitrogen and oxygen atoms in total. The van der Waals surface area contributed by atoms with Gasteiger partial charge in [-0.3, -0.25) is 0 Å². The maximum atomic E-state index is 13.1. The van der Waals surface area contributed by atoms with Crippen molar-refractivity contribution in [2.75, 3.05) is 6.54 Å². The molecule has 0 aliphatic heterocycles. The lowest BCUT2D eigenvalue weighted by Gasteiger charge is -2.29. The van der Waals surface area contributed by atoms with Crippen molar-refractivity contribution in [2.45, 2.75) is 30.2 Å². The van der Waals surface area contributed by atoms with E-state index in [1.165, 1.54) is 0 Å². The molecule has 3 N–H and O–H groups in total. The summed E-state index contributed by atoms with van der Waals surface area (Å²) in [6, 6.07) is 2.20. The van der Waals surface area contributed by atoms with Gasteiger partial charge in [-0.1, -0.05) is 0 Å². The summed E-state index contributed by atoms with van der Waals surface area (Å²) in [5, 5.41) is 0. The Balaban J connectivity index is 0.00000200. The lowest BCUT2D eigenvalue weighted by atomic mass is 9.98. The Morgan fingerprint density at radius 1 is 1.30 bits per heavy atom. The third kappa shape index (κ3) is 3.66. The van der Waals surface area contributed by atoms with Crippen molar-refractivity contribution in [3.05, 3.63) is 29.8 Å². The molecule has 8 heteroatoms. The van der Waals surface area contributed by atoms with Crippen LogP contribution in [0, 0.1) is 17.6 Å². The van der Waals surface area contributed by atoms with Crippen molar-refractivity contribution in [2.24, 2.45) is 11.7 Å². The second-order valence-corrected chi connectivity index (χ2v) is 6.79. The second kappa shape index (κ2) is 5.93. The summed E-state index contributed by atoms with van der Waals surface area (Å²) in [6.45, 7) is 1.84. The van der Waals surface area contributed by atoms with Gasteiger partial charge >= 0.3 is 0 Å². The third-order valence-corrected chi connectivity index (χ3v) is 5.01. The molecule has 1 aromatic rings. The molecule has 1 saturated carbocycles. The van der Waals surface area contributed by atoms with Gasteiger partial charge in [-0.05, 0) is 37.8 Å². The number of hydrogen-bond donors (Lipinski definition) is 2. The van der Waals surface area contributed by atoms with Crippen LogP contribution in [-0.4, -0.2) is 20.5 Å². The number of halogens is 3. The van der Waals surface area contributed by atoms with Crippen LogP contribution in [0.1, 0.15) is 19.8 Å². The quantitative estimate of drug-likeness (QED) is 0.866. The summed E-state index contributed by atoms with van der Waals surface area (Å²) in [5.74, 6) is -1.69. The number of nitrogens with two attached hydrogens (primary N) is 1. The Labute approximate surface area is 123 Å². The highest BCUT2D eigenvalue weighted by Crippen LogP contribution is 2.39. The molecule has 1 aliphatic carbocycles. The van der Waals surface area contributed by atoms with Crippen molar-refractivity contribution in [3.8, 4) is 0 Å². The van der Waals surface area contributed by atoms with Crippen molar-refractivity contribution in [3.63, 3.8) is 0 Å². The van der Waals surface area contributed by atoms with E-state index in [1.54, 1.807) is 6.92 Å². The van der Waals surface area contributed by atoms with Crippen LogP contribution in [0.4, 0.5) is 8.78 Å². The minimum Gasteiger partial charge on any atom is -0.329 e. The number of sulfonamides is 1. The van der Waals surface area contributed by atoms with Gasteiger partial charge in [-0.15, -0.1) is 12.4 Å². The fraction of sp³-hybridized carbons (Fsp3) is 0.500. The molecule has 1 aromatic carbocycles. The van der Waals surface area contributed by atoms with Gasteiger partial charge in [0, 0.05) is 18.2 Å². The molecule has 0 heterocycles. The lowest BCUT2D eigenvalue weighted by molar-refractivity contribution is 0.374. The van der Waals surface area contributed by atoms with E-state index in [2.05, 4.69) is 4.72 Å². The van der Waals surface area contributed by atoms with Crippen LogP contribution in [0.5, 0.6) is 0 Å². The second-order valence-electron chi connectivity index (χ2n) is 5.11. The van der Waals surface area contributed by atoms with E-state index in [1.807, 2.05) is 0 Å². The average molecular weight is 327 g/mol. The Morgan fingerprint density at radius 2 is 1.80 bits per heavy atom. The first kappa shape index (κ1) is 17.3. The minimum atomic E-state index is -3.99. The highest BCUT2D eigenvalue weighted by molar-refractivity contribution is 7.89. The van der Waals surface area contributed by atoms with Gasteiger partial charge in [0.15, 0.2) is 0 Å². The molecule has 1 unspecified atom stereocenters.